The van der Waals surface area contributed by atoms with Crippen LogP contribution in [-0.4, -0.2) is 6.35 Å². The Hall–Kier alpha value is -0.880. The van der Waals surface area contributed by atoms with Gasteiger partial charge in [0.2, 0.25) is 0 Å². The molecule has 0 saturated heterocycles. The van der Waals surface area contributed by atoms with Crippen LogP contribution in [0, 0.1) is 0 Å². The molecule has 0 fully saturated rings. The van der Waals surface area contributed by atoms with E-state index in [1.807, 2.05) is 30.3 Å². The lowest BCUT2D eigenvalue weighted by Gasteiger charge is -1.94. The first-order valence-electron chi connectivity index (χ1n) is 2.96. The lowest BCUT2D eigenvalue weighted by atomic mass is 10.3. The highest BCUT2D eigenvalue weighted by Crippen LogP contribution is 2.09. The van der Waals surface area contributed by atoms with Gasteiger partial charge in [0, 0.05) is 0 Å². The normalized spacial score (nSPS) is 9.60. The van der Waals surface area contributed by atoms with E-state index in [-0.39, 0.29) is 14.8 Å². The highest BCUT2D eigenvalue weighted by molar-refractivity contribution is 7.23. The van der Waals surface area contributed by atoms with Crippen molar-refractivity contribution < 1.29 is 9.30 Å². The Balaban J connectivity index is 2.50. The molecule has 0 saturated carbocycles. The van der Waals surface area contributed by atoms with Gasteiger partial charge in [-0.15, -0.1) is 0 Å². The molecular formula is C7H8O2P+. The molecule has 0 aliphatic rings. The molecule has 10 heavy (non-hydrogen) atoms. The Morgan fingerprint density at radius 3 is 2.60 bits per heavy atom. The molecule has 2 nitrogen and oxygen atoms in total. The molecule has 0 aliphatic carbocycles. The predicted molar refractivity (Wildman–Crippen MR) is 40.9 cm³/mol. The molecule has 1 aromatic carbocycles. The minimum Gasteiger partial charge on any atom is -0.449 e. The molecule has 52 valence electrons. The second-order valence-electron chi connectivity index (χ2n) is 1.75. The average Bonchev–Trinajstić information content (AvgIpc) is 2.03. The van der Waals surface area contributed by atoms with Crippen LogP contribution < -0.4 is 4.74 Å². The highest BCUT2D eigenvalue weighted by Gasteiger charge is 1.91. The standard InChI is InChI=1S/C7H7O2P/c8-10-6-9-7-4-2-1-3-5-7/h1-5H,6H2/p+1. The fourth-order valence-electron chi connectivity index (χ4n) is 0.630. The Kier molecular flexibility index (Phi) is 2.91. The molecule has 0 heterocycles. The zero-order valence-electron chi connectivity index (χ0n) is 5.41. The van der Waals surface area contributed by atoms with Crippen molar-refractivity contribution in [3.8, 4) is 5.75 Å². The number of hydrogen-bond acceptors (Lipinski definition) is 2. The van der Waals surface area contributed by atoms with Crippen molar-refractivity contribution in [2.24, 2.45) is 0 Å². The van der Waals surface area contributed by atoms with E-state index in [9.17, 15) is 4.57 Å². The SMILES string of the molecule is O=[PH+]COc1ccccc1. The predicted octanol–water partition coefficient (Wildman–Crippen LogP) is 2.05. The number of para-hydroxylation sites is 1. The number of benzene rings is 1. The van der Waals surface area contributed by atoms with Crippen LogP contribution in [0.3, 0.4) is 0 Å². The van der Waals surface area contributed by atoms with Crippen LogP contribution in [0.15, 0.2) is 30.3 Å². The summed E-state index contributed by atoms with van der Waals surface area (Å²) < 4.78 is 15.1. The largest absolute Gasteiger partial charge is 0.449 e. The first-order chi connectivity index (χ1) is 4.93. The van der Waals surface area contributed by atoms with Gasteiger partial charge in [0.1, 0.15) is 5.75 Å². The molecule has 0 aromatic heterocycles. The molecule has 1 rings (SSSR count). The van der Waals surface area contributed by atoms with Crippen molar-refractivity contribution in [3.63, 3.8) is 0 Å². The molecule has 0 N–H and O–H groups in total. The summed E-state index contributed by atoms with van der Waals surface area (Å²) in [7, 11) is -0.389. The molecule has 1 atom stereocenters. The van der Waals surface area contributed by atoms with E-state index in [0.29, 0.717) is 0 Å². The van der Waals surface area contributed by atoms with E-state index in [0.717, 1.165) is 5.75 Å². The lowest BCUT2D eigenvalue weighted by Crippen LogP contribution is -1.87. The van der Waals surface area contributed by atoms with Crippen molar-refractivity contribution in [1.82, 2.24) is 0 Å². The van der Waals surface area contributed by atoms with Crippen molar-refractivity contribution in [2.45, 2.75) is 0 Å². The molecule has 3 heteroatoms. The maximum atomic E-state index is 10.0. The maximum Gasteiger partial charge on any atom is 0.365 e. The summed E-state index contributed by atoms with van der Waals surface area (Å²) in [5.74, 6) is 0.769. The highest BCUT2D eigenvalue weighted by atomic mass is 31.1. The van der Waals surface area contributed by atoms with Gasteiger partial charge in [-0.2, -0.15) is 0 Å². The third kappa shape index (κ3) is 2.16. The summed E-state index contributed by atoms with van der Waals surface area (Å²) in [6, 6.07) is 9.33. The van der Waals surface area contributed by atoms with E-state index in [2.05, 4.69) is 0 Å². The number of hydrogen-bond donors (Lipinski definition) is 0. The maximum absolute atomic E-state index is 10.0. The molecule has 0 aliphatic heterocycles. The second-order valence-corrected chi connectivity index (χ2v) is 2.32. The summed E-state index contributed by atoms with van der Waals surface area (Å²) in [6.07, 6.45) is 0.282. The minimum absolute atomic E-state index is 0.282. The first-order valence-corrected chi connectivity index (χ1v) is 4.08. The minimum atomic E-state index is -0.389. The second kappa shape index (κ2) is 4.02. The average molecular weight is 155 g/mol. The van der Waals surface area contributed by atoms with E-state index < -0.39 is 0 Å². The molecule has 0 radical (unpaired) electrons. The van der Waals surface area contributed by atoms with E-state index >= 15 is 0 Å². The van der Waals surface area contributed by atoms with Crippen LogP contribution >= 0.6 is 8.46 Å². The molecule has 1 aromatic rings. The van der Waals surface area contributed by atoms with Gasteiger partial charge >= 0.3 is 8.46 Å². The summed E-state index contributed by atoms with van der Waals surface area (Å²) >= 11 is 0. The van der Waals surface area contributed by atoms with Crippen LogP contribution in [0.2, 0.25) is 0 Å². The quantitative estimate of drug-likeness (QED) is 0.624. The van der Waals surface area contributed by atoms with Gasteiger partial charge in [0.15, 0.2) is 0 Å². The third-order valence-electron chi connectivity index (χ3n) is 1.04. The zero-order valence-corrected chi connectivity index (χ0v) is 6.41. The van der Waals surface area contributed by atoms with Gasteiger partial charge in [0.05, 0.1) is 0 Å². The lowest BCUT2D eigenvalue weighted by molar-refractivity contribution is 0.384. The van der Waals surface area contributed by atoms with Crippen LogP contribution in [0.4, 0.5) is 0 Å². The molecule has 0 amide bonds. The van der Waals surface area contributed by atoms with Crippen molar-refractivity contribution >= 4 is 8.46 Å². The topological polar surface area (TPSA) is 26.3 Å². The van der Waals surface area contributed by atoms with Gasteiger partial charge in [-0.3, -0.25) is 0 Å². The number of ether oxygens (including phenoxy) is 1. The van der Waals surface area contributed by atoms with Crippen LogP contribution in [-0.2, 0) is 4.57 Å². The smallest absolute Gasteiger partial charge is 0.365 e. The van der Waals surface area contributed by atoms with Crippen LogP contribution in [0.1, 0.15) is 0 Å². The van der Waals surface area contributed by atoms with Crippen molar-refractivity contribution in [1.29, 1.82) is 0 Å². The van der Waals surface area contributed by atoms with E-state index in [1.54, 1.807) is 0 Å². The third-order valence-corrected chi connectivity index (χ3v) is 1.30. The van der Waals surface area contributed by atoms with Crippen LogP contribution in [0.5, 0.6) is 5.75 Å². The zero-order chi connectivity index (χ0) is 7.23. The number of rotatable bonds is 3. The summed E-state index contributed by atoms with van der Waals surface area (Å²) in [5.41, 5.74) is 0. The summed E-state index contributed by atoms with van der Waals surface area (Å²) in [5, 5.41) is 0. The Bertz CT molecular complexity index is 198. The van der Waals surface area contributed by atoms with Gasteiger partial charge in [0.25, 0.3) is 6.35 Å². The fraction of sp³-hybridized carbons (Fsp3) is 0.143. The molecule has 1 unspecified atom stereocenters. The summed E-state index contributed by atoms with van der Waals surface area (Å²) in [6.45, 7) is 0. The van der Waals surface area contributed by atoms with Gasteiger partial charge < -0.3 is 4.74 Å². The fourth-order valence-corrected chi connectivity index (χ4v) is 0.855. The van der Waals surface area contributed by atoms with Crippen molar-refractivity contribution in [2.75, 3.05) is 6.35 Å². The van der Waals surface area contributed by atoms with Gasteiger partial charge in [-0.25, -0.2) is 0 Å². The monoisotopic (exact) mass is 155 g/mol. The Morgan fingerprint density at radius 1 is 1.30 bits per heavy atom. The molecular weight excluding hydrogens is 147 g/mol. The first kappa shape index (κ1) is 7.23. The van der Waals surface area contributed by atoms with Gasteiger partial charge in [-0.1, -0.05) is 22.8 Å². The molecule has 0 spiro atoms. The Morgan fingerprint density at radius 2 is 2.00 bits per heavy atom. The van der Waals surface area contributed by atoms with Crippen molar-refractivity contribution in [3.05, 3.63) is 30.3 Å². The van der Waals surface area contributed by atoms with Crippen LogP contribution in [0.25, 0.3) is 0 Å². The Labute approximate surface area is 61.0 Å². The van der Waals surface area contributed by atoms with E-state index in [1.165, 1.54) is 0 Å². The van der Waals surface area contributed by atoms with Gasteiger partial charge in [-0.05, 0) is 12.1 Å². The van der Waals surface area contributed by atoms with E-state index in [4.69, 9.17) is 4.74 Å². The molecule has 0 bridgehead atoms. The summed E-state index contributed by atoms with van der Waals surface area (Å²) in [4.78, 5) is 0.